The molecule has 38 heavy (non-hydrogen) atoms. The number of phenols is 2. The molecule has 2 amide bonds. The normalized spacial score (nSPS) is 13.0. The number of carbonyl (C=O) groups is 1. The van der Waals surface area contributed by atoms with Gasteiger partial charge in [-0.3, -0.25) is 0 Å². The maximum atomic E-state index is 13.5. The number of carbonyl (C=O) groups excluding carboxylic acids is 1. The van der Waals surface area contributed by atoms with Gasteiger partial charge in [0.15, 0.2) is 0 Å². The van der Waals surface area contributed by atoms with E-state index < -0.39 is 0 Å². The van der Waals surface area contributed by atoms with E-state index >= 15 is 0 Å². The quantitative estimate of drug-likeness (QED) is 0.426. The molecule has 0 aliphatic carbocycles. The van der Waals surface area contributed by atoms with Crippen molar-refractivity contribution in [2.24, 2.45) is 0 Å². The van der Waals surface area contributed by atoms with Crippen LogP contribution in [0.1, 0.15) is 116 Å². The number of phenolic OH excluding ortho intramolecular Hbond substituents is 2. The van der Waals surface area contributed by atoms with Crippen LogP contribution in [0.5, 0.6) is 11.5 Å². The van der Waals surface area contributed by atoms with Crippen LogP contribution in [0.15, 0.2) is 24.3 Å². The van der Waals surface area contributed by atoms with Gasteiger partial charge in [-0.05, 0) is 79.3 Å². The molecule has 0 aromatic heterocycles. The molecule has 0 spiro atoms. The van der Waals surface area contributed by atoms with Gasteiger partial charge in [-0.25, -0.2) is 4.79 Å². The molecule has 0 fully saturated rings. The molecule has 0 aliphatic rings. The van der Waals surface area contributed by atoms with Crippen molar-refractivity contribution in [3.63, 3.8) is 0 Å². The summed E-state index contributed by atoms with van der Waals surface area (Å²) in [4.78, 5) is 16.9. The predicted molar refractivity (Wildman–Crippen MR) is 159 cm³/mol. The van der Waals surface area contributed by atoms with E-state index in [1.54, 1.807) is 9.80 Å². The molecule has 0 bridgehead atoms. The summed E-state index contributed by atoms with van der Waals surface area (Å²) in [6, 6.07) is 8.02. The van der Waals surface area contributed by atoms with Crippen LogP contribution in [-0.4, -0.2) is 40.1 Å². The highest BCUT2D eigenvalue weighted by Gasteiger charge is 2.29. The lowest BCUT2D eigenvalue weighted by Gasteiger charge is -2.31. The van der Waals surface area contributed by atoms with Gasteiger partial charge in [0.05, 0.1) is 0 Å². The lowest BCUT2D eigenvalue weighted by Crippen LogP contribution is -2.38. The van der Waals surface area contributed by atoms with E-state index in [0.717, 1.165) is 33.4 Å². The molecule has 0 atom stereocenters. The Labute approximate surface area is 231 Å². The van der Waals surface area contributed by atoms with Crippen LogP contribution in [0.3, 0.4) is 0 Å². The molecule has 212 valence electrons. The third kappa shape index (κ3) is 7.24. The number of benzene rings is 2. The zero-order chi connectivity index (χ0) is 29.6. The Morgan fingerprint density at radius 2 is 0.763 bits per heavy atom. The van der Waals surface area contributed by atoms with E-state index in [-0.39, 0.29) is 27.7 Å². The average molecular weight is 525 g/mol. The standard InChI is InChI=1S/C33H52N2O3/c1-30(2,3)23-15-21(16-24(27(23)36)31(4,5)6)19-34(13)29(38)35(14)20-22-17-25(32(7,8)9)28(37)26(18-22)33(10,11)12/h15-18,36-37H,19-20H2,1-14H3. The van der Waals surface area contributed by atoms with Crippen molar-refractivity contribution in [1.29, 1.82) is 0 Å². The SMILES string of the molecule is CN(Cc1cc(C(C)(C)C)c(O)c(C(C)(C)C)c1)C(=O)N(C)Cc1cc(C(C)(C)C)c(O)c(C(C)(C)C)c1. The fraction of sp³-hybridized carbons (Fsp3) is 0.606. The van der Waals surface area contributed by atoms with Gasteiger partial charge in [0.25, 0.3) is 0 Å². The monoisotopic (exact) mass is 524 g/mol. The van der Waals surface area contributed by atoms with E-state index in [1.807, 2.05) is 38.4 Å². The van der Waals surface area contributed by atoms with E-state index in [1.165, 1.54) is 0 Å². The van der Waals surface area contributed by atoms with Crippen LogP contribution in [0.4, 0.5) is 4.79 Å². The van der Waals surface area contributed by atoms with Crippen molar-refractivity contribution >= 4 is 6.03 Å². The molecule has 2 aromatic rings. The summed E-state index contributed by atoms with van der Waals surface area (Å²) in [5.41, 5.74) is 4.65. The molecule has 2 aromatic carbocycles. The third-order valence-electron chi connectivity index (χ3n) is 7.06. The second-order valence-corrected chi connectivity index (χ2v) is 15.1. The second kappa shape index (κ2) is 10.5. The minimum atomic E-state index is -0.228. The summed E-state index contributed by atoms with van der Waals surface area (Å²) >= 11 is 0. The Bertz CT molecular complexity index is 1010. The van der Waals surface area contributed by atoms with Crippen molar-refractivity contribution in [1.82, 2.24) is 9.80 Å². The summed E-state index contributed by atoms with van der Waals surface area (Å²) < 4.78 is 0. The maximum absolute atomic E-state index is 13.5. The number of hydrogen-bond acceptors (Lipinski definition) is 3. The largest absolute Gasteiger partial charge is 0.507 e. The number of aromatic hydroxyl groups is 2. The van der Waals surface area contributed by atoms with Gasteiger partial charge < -0.3 is 20.0 Å². The average Bonchev–Trinajstić information content (AvgIpc) is 2.71. The first kappa shape index (κ1) is 31.5. The van der Waals surface area contributed by atoms with Gasteiger partial charge in [-0.1, -0.05) is 83.1 Å². The molecule has 2 rings (SSSR count). The Balaban J connectivity index is 2.39. The van der Waals surface area contributed by atoms with Crippen molar-refractivity contribution in [2.45, 2.75) is 118 Å². The van der Waals surface area contributed by atoms with E-state index in [0.29, 0.717) is 24.6 Å². The summed E-state index contributed by atoms with van der Waals surface area (Å²) in [7, 11) is 3.63. The molecular weight excluding hydrogens is 472 g/mol. The highest BCUT2D eigenvalue weighted by Crippen LogP contribution is 2.41. The minimum absolute atomic E-state index is 0.0876. The molecule has 0 unspecified atom stereocenters. The number of hydrogen-bond donors (Lipinski definition) is 2. The van der Waals surface area contributed by atoms with Gasteiger partial charge in [0, 0.05) is 27.2 Å². The van der Waals surface area contributed by atoms with Crippen LogP contribution >= 0.6 is 0 Å². The summed E-state index contributed by atoms with van der Waals surface area (Å²) in [5.74, 6) is 0.688. The molecule has 0 heterocycles. The van der Waals surface area contributed by atoms with E-state index in [2.05, 4.69) is 83.1 Å². The fourth-order valence-corrected chi connectivity index (χ4v) is 4.83. The zero-order valence-corrected chi connectivity index (χ0v) is 26.4. The number of nitrogens with zero attached hydrogens (tertiary/aromatic N) is 2. The van der Waals surface area contributed by atoms with Crippen molar-refractivity contribution in [3.05, 3.63) is 57.6 Å². The first-order valence-corrected chi connectivity index (χ1v) is 13.6. The van der Waals surface area contributed by atoms with Gasteiger partial charge >= 0.3 is 6.03 Å². The van der Waals surface area contributed by atoms with Crippen LogP contribution in [-0.2, 0) is 34.7 Å². The lowest BCUT2D eigenvalue weighted by atomic mass is 9.78. The van der Waals surface area contributed by atoms with Gasteiger partial charge in [0.2, 0.25) is 0 Å². The van der Waals surface area contributed by atoms with Crippen LogP contribution in [0.25, 0.3) is 0 Å². The third-order valence-corrected chi connectivity index (χ3v) is 7.06. The van der Waals surface area contributed by atoms with Crippen LogP contribution in [0.2, 0.25) is 0 Å². The molecule has 5 nitrogen and oxygen atoms in total. The summed E-state index contributed by atoms with van der Waals surface area (Å²) in [6.45, 7) is 26.0. The zero-order valence-electron chi connectivity index (χ0n) is 26.4. The van der Waals surface area contributed by atoms with Crippen molar-refractivity contribution < 1.29 is 15.0 Å². The topological polar surface area (TPSA) is 64.0 Å². The fourth-order valence-electron chi connectivity index (χ4n) is 4.83. The van der Waals surface area contributed by atoms with E-state index in [4.69, 9.17) is 0 Å². The van der Waals surface area contributed by atoms with Crippen molar-refractivity contribution in [2.75, 3.05) is 14.1 Å². The molecule has 0 saturated carbocycles. The summed E-state index contributed by atoms with van der Waals surface area (Å²) in [6.07, 6.45) is 0. The highest BCUT2D eigenvalue weighted by molar-refractivity contribution is 5.74. The first-order valence-electron chi connectivity index (χ1n) is 13.6. The summed E-state index contributed by atoms with van der Waals surface area (Å²) in [5, 5.41) is 22.1. The molecule has 0 saturated heterocycles. The minimum Gasteiger partial charge on any atom is -0.507 e. The molecule has 2 N–H and O–H groups in total. The Morgan fingerprint density at radius 3 is 0.947 bits per heavy atom. The van der Waals surface area contributed by atoms with Gasteiger partial charge in [0.1, 0.15) is 11.5 Å². The Hall–Kier alpha value is -2.69. The van der Waals surface area contributed by atoms with Crippen LogP contribution < -0.4 is 0 Å². The molecule has 0 radical (unpaired) electrons. The first-order chi connectivity index (χ1) is 16.9. The number of amides is 2. The van der Waals surface area contributed by atoms with Crippen LogP contribution in [0, 0.1) is 0 Å². The second-order valence-electron chi connectivity index (χ2n) is 15.1. The molecular formula is C33H52N2O3. The van der Waals surface area contributed by atoms with Gasteiger partial charge in [-0.2, -0.15) is 0 Å². The lowest BCUT2D eigenvalue weighted by molar-refractivity contribution is 0.169. The maximum Gasteiger partial charge on any atom is 0.320 e. The van der Waals surface area contributed by atoms with Gasteiger partial charge in [-0.15, -0.1) is 0 Å². The van der Waals surface area contributed by atoms with E-state index in [9.17, 15) is 15.0 Å². The number of rotatable bonds is 4. The molecule has 0 aliphatic heterocycles. The van der Waals surface area contributed by atoms with Crippen molar-refractivity contribution in [3.8, 4) is 11.5 Å². The molecule has 5 heteroatoms. The number of urea groups is 1. The smallest absolute Gasteiger partial charge is 0.320 e. The Morgan fingerprint density at radius 1 is 0.553 bits per heavy atom. The Kier molecular flexibility index (Phi) is 8.68. The predicted octanol–water partition coefficient (Wildman–Crippen LogP) is 7.97. The highest BCUT2D eigenvalue weighted by atomic mass is 16.3.